The highest BCUT2D eigenvalue weighted by Gasteiger charge is 2.05. The van der Waals surface area contributed by atoms with Gasteiger partial charge in [-0.2, -0.15) is 4.98 Å². The van der Waals surface area contributed by atoms with Gasteiger partial charge in [0.05, 0.1) is 4.47 Å². The third-order valence-electron chi connectivity index (χ3n) is 1.92. The lowest BCUT2D eigenvalue weighted by Gasteiger charge is -2.04. The lowest BCUT2D eigenvalue weighted by atomic mass is 10.3. The smallest absolute Gasteiger partial charge is 0.266 e. The summed E-state index contributed by atoms with van der Waals surface area (Å²) in [7, 11) is 1.64. The number of rotatable bonds is 0. The number of nitrogens with two attached hydrogens (primary N) is 1. The van der Waals surface area contributed by atoms with E-state index < -0.39 is 0 Å². The standard InChI is InChI=1S/C8H7BrN4O/c1-13-6-4(2-5(9)7(13)14)3-11-8(10)12-6/h2-3H,1H3,(H2,10,11,12). The van der Waals surface area contributed by atoms with Gasteiger partial charge in [-0.15, -0.1) is 0 Å². The van der Waals surface area contributed by atoms with E-state index in [1.54, 1.807) is 19.3 Å². The molecule has 0 spiro atoms. The molecule has 2 rings (SSSR count). The maximum atomic E-state index is 11.5. The van der Waals surface area contributed by atoms with E-state index >= 15 is 0 Å². The van der Waals surface area contributed by atoms with Crippen LogP contribution < -0.4 is 11.3 Å². The molecule has 0 unspecified atom stereocenters. The van der Waals surface area contributed by atoms with Crippen LogP contribution in [0.15, 0.2) is 21.5 Å². The second-order valence-electron chi connectivity index (χ2n) is 2.86. The summed E-state index contributed by atoms with van der Waals surface area (Å²) in [4.78, 5) is 19.3. The minimum atomic E-state index is -0.143. The number of hydrogen-bond donors (Lipinski definition) is 1. The average Bonchev–Trinajstić information content (AvgIpc) is 2.16. The maximum Gasteiger partial charge on any atom is 0.266 e. The molecular weight excluding hydrogens is 248 g/mol. The Bertz CT molecular complexity index is 563. The number of nitrogens with zero attached hydrogens (tertiary/aromatic N) is 3. The molecule has 72 valence electrons. The van der Waals surface area contributed by atoms with Crippen LogP contribution >= 0.6 is 15.9 Å². The second kappa shape index (κ2) is 3.06. The number of nitrogen functional groups attached to an aromatic ring is 1. The number of halogens is 1. The molecule has 0 saturated carbocycles. The topological polar surface area (TPSA) is 73.8 Å². The molecule has 2 aromatic rings. The lowest BCUT2D eigenvalue weighted by molar-refractivity contribution is 0.879. The molecule has 0 radical (unpaired) electrons. The van der Waals surface area contributed by atoms with Gasteiger partial charge >= 0.3 is 0 Å². The summed E-state index contributed by atoms with van der Waals surface area (Å²) >= 11 is 3.17. The zero-order valence-corrected chi connectivity index (χ0v) is 8.95. The lowest BCUT2D eigenvalue weighted by Crippen LogP contribution is -2.18. The summed E-state index contributed by atoms with van der Waals surface area (Å²) in [5.41, 5.74) is 5.82. The fourth-order valence-electron chi connectivity index (χ4n) is 1.22. The van der Waals surface area contributed by atoms with Crippen molar-refractivity contribution in [2.24, 2.45) is 7.05 Å². The molecule has 0 bridgehead atoms. The predicted molar refractivity (Wildman–Crippen MR) is 56.9 cm³/mol. The number of aryl methyl sites for hydroxylation is 1. The Hall–Kier alpha value is -1.43. The molecular formula is C8H7BrN4O. The maximum absolute atomic E-state index is 11.5. The highest BCUT2D eigenvalue weighted by Crippen LogP contribution is 2.13. The molecule has 0 saturated heterocycles. The predicted octanol–water partition coefficient (Wildman–Crippen LogP) is 0.673. The first kappa shape index (κ1) is 9.14. The van der Waals surface area contributed by atoms with Crippen molar-refractivity contribution >= 4 is 32.9 Å². The van der Waals surface area contributed by atoms with E-state index in [1.807, 2.05) is 0 Å². The molecule has 0 aliphatic carbocycles. The van der Waals surface area contributed by atoms with E-state index in [4.69, 9.17) is 5.73 Å². The third-order valence-corrected chi connectivity index (χ3v) is 2.49. The van der Waals surface area contributed by atoms with E-state index in [0.717, 1.165) is 5.39 Å². The van der Waals surface area contributed by atoms with E-state index in [1.165, 1.54) is 4.57 Å². The van der Waals surface area contributed by atoms with Gasteiger partial charge < -0.3 is 5.73 Å². The van der Waals surface area contributed by atoms with Crippen LogP contribution in [-0.4, -0.2) is 14.5 Å². The largest absolute Gasteiger partial charge is 0.368 e. The highest BCUT2D eigenvalue weighted by molar-refractivity contribution is 9.10. The first-order valence-corrected chi connectivity index (χ1v) is 4.66. The van der Waals surface area contributed by atoms with Crippen molar-refractivity contribution in [3.05, 3.63) is 27.1 Å². The molecule has 0 aliphatic rings. The Morgan fingerprint density at radius 2 is 2.29 bits per heavy atom. The van der Waals surface area contributed by atoms with Crippen molar-refractivity contribution < 1.29 is 0 Å². The number of aromatic nitrogens is 3. The van der Waals surface area contributed by atoms with E-state index in [0.29, 0.717) is 10.1 Å². The fraction of sp³-hybridized carbons (Fsp3) is 0.125. The van der Waals surface area contributed by atoms with Crippen LogP contribution in [0.4, 0.5) is 5.95 Å². The fourth-order valence-corrected chi connectivity index (χ4v) is 1.73. The van der Waals surface area contributed by atoms with Gasteiger partial charge in [-0.3, -0.25) is 9.36 Å². The normalized spacial score (nSPS) is 10.7. The summed E-state index contributed by atoms with van der Waals surface area (Å²) in [5.74, 6) is 0.162. The summed E-state index contributed by atoms with van der Waals surface area (Å²) in [6.45, 7) is 0. The summed E-state index contributed by atoms with van der Waals surface area (Å²) in [5, 5.41) is 0.771. The minimum Gasteiger partial charge on any atom is -0.368 e. The van der Waals surface area contributed by atoms with Crippen molar-refractivity contribution in [2.45, 2.75) is 0 Å². The van der Waals surface area contributed by atoms with Crippen LogP contribution in [0.3, 0.4) is 0 Å². The van der Waals surface area contributed by atoms with Gasteiger partial charge in [-0.1, -0.05) is 0 Å². The minimum absolute atomic E-state index is 0.143. The molecule has 0 amide bonds. The molecule has 5 nitrogen and oxygen atoms in total. The summed E-state index contributed by atoms with van der Waals surface area (Å²) in [6.07, 6.45) is 1.59. The summed E-state index contributed by atoms with van der Waals surface area (Å²) < 4.78 is 1.91. The highest BCUT2D eigenvalue weighted by atomic mass is 79.9. The van der Waals surface area contributed by atoms with Crippen molar-refractivity contribution in [1.82, 2.24) is 14.5 Å². The number of anilines is 1. The average molecular weight is 255 g/mol. The Kier molecular flexibility index (Phi) is 1.99. The molecule has 6 heteroatoms. The molecule has 2 heterocycles. The molecule has 14 heavy (non-hydrogen) atoms. The Balaban J connectivity index is 2.99. The number of pyridine rings is 1. The van der Waals surface area contributed by atoms with E-state index in [2.05, 4.69) is 25.9 Å². The molecule has 2 N–H and O–H groups in total. The third kappa shape index (κ3) is 1.27. The zero-order valence-electron chi connectivity index (χ0n) is 7.36. The van der Waals surface area contributed by atoms with Gasteiger partial charge in [-0.25, -0.2) is 4.98 Å². The first-order chi connectivity index (χ1) is 6.59. The molecule has 0 aromatic carbocycles. The van der Waals surface area contributed by atoms with Crippen LogP contribution in [0.25, 0.3) is 11.0 Å². The van der Waals surface area contributed by atoms with Gasteiger partial charge in [0.2, 0.25) is 5.95 Å². The number of fused-ring (bicyclic) bond motifs is 1. The van der Waals surface area contributed by atoms with Gasteiger partial charge in [0.25, 0.3) is 5.56 Å². The van der Waals surface area contributed by atoms with Crippen LogP contribution in [0.2, 0.25) is 0 Å². The van der Waals surface area contributed by atoms with E-state index in [-0.39, 0.29) is 11.5 Å². The van der Waals surface area contributed by atoms with Crippen LogP contribution in [0.1, 0.15) is 0 Å². The van der Waals surface area contributed by atoms with Crippen LogP contribution in [0.5, 0.6) is 0 Å². The number of hydrogen-bond acceptors (Lipinski definition) is 4. The van der Waals surface area contributed by atoms with Crippen molar-refractivity contribution in [1.29, 1.82) is 0 Å². The quantitative estimate of drug-likeness (QED) is 0.750. The Morgan fingerprint density at radius 1 is 1.57 bits per heavy atom. The van der Waals surface area contributed by atoms with E-state index in [9.17, 15) is 4.79 Å². The van der Waals surface area contributed by atoms with Crippen molar-refractivity contribution in [2.75, 3.05) is 5.73 Å². The Labute approximate surface area is 87.7 Å². The zero-order chi connectivity index (χ0) is 10.3. The molecule has 0 fully saturated rings. The molecule has 2 aromatic heterocycles. The van der Waals surface area contributed by atoms with Gasteiger partial charge in [0.1, 0.15) is 5.65 Å². The molecule has 0 aliphatic heterocycles. The van der Waals surface area contributed by atoms with Gasteiger partial charge in [0.15, 0.2) is 0 Å². The van der Waals surface area contributed by atoms with Gasteiger partial charge in [0, 0.05) is 18.6 Å². The van der Waals surface area contributed by atoms with Gasteiger partial charge in [-0.05, 0) is 22.0 Å². The monoisotopic (exact) mass is 254 g/mol. The van der Waals surface area contributed by atoms with Crippen LogP contribution in [-0.2, 0) is 7.05 Å². The molecule has 0 atom stereocenters. The van der Waals surface area contributed by atoms with Crippen molar-refractivity contribution in [3.63, 3.8) is 0 Å². The first-order valence-electron chi connectivity index (χ1n) is 3.87. The Morgan fingerprint density at radius 3 is 3.00 bits per heavy atom. The van der Waals surface area contributed by atoms with Crippen LogP contribution in [0, 0.1) is 0 Å². The summed E-state index contributed by atoms with van der Waals surface area (Å²) in [6, 6.07) is 1.68. The SMILES string of the molecule is Cn1c(=O)c(Br)cc2cnc(N)nc21. The van der Waals surface area contributed by atoms with Crippen molar-refractivity contribution in [3.8, 4) is 0 Å². The second-order valence-corrected chi connectivity index (χ2v) is 3.72.